The van der Waals surface area contributed by atoms with Gasteiger partial charge in [-0.15, -0.1) is 0 Å². The van der Waals surface area contributed by atoms with Gasteiger partial charge in [0.1, 0.15) is 11.4 Å². The number of pyridine rings is 1. The fraction of sp³-hybridized carbons (Fsp3) is 0.158. The van der Waals surface area contributed by atoms with Crippen LogP contribution in [0.5, 0.6) is 5.75 Å². The Morgan fingerprint density at radius 3 is 2.67 bits per heavy atom. The van der Waals surface area contributed by atoms with Gasteiger partial charge in [0.2, 0.25) is 0 Å². The second-order valence-electron chi connectivity index (χ2n) is 6.07. The topological polar surface area (TPSA) is 52.7 Å². The van der Waals surface area contributed by atoms with Crippen molar-refractivity contribution in [1.82, 2.24) is 8.97 Å². The third-order valence-corrected chi connectivity index (χ3v) is 4.91. The van der Waals surface area contributed by atoms with Crippen LogP contribution in [0.4, 0.5) is 0 Å². The van der Waals surface area contributed by atoms with Crippen molar-refractivity contribution in [2.24, 2.45) is 0 Å². The highest BCUT2D eigenvalue weighted by atomic mass is 16.5. The highest BCUT2D eigenvalue weighted by Crippen LogP contribution is 2.26. The molecule has 1 aliphatic rings. The summed E-state index contributed by atoms with van der Waals surface area (Å²) in [5.74, 6) is 0.617. The number of ether oxygens (including phenoxy) is 1. The minimum absolute atomic E-state index is 0.00942. The van der Waals surface area contributed by atoms with Gasteiger partial charge in [-0.1, -0.05) is 12.1 Å². The molecular weight excluding hydrogens is 304 g/mol. The van der Waals surface area contributed by atoms with Crippen molar-refractivity contribution in [2.45, 2.75) is 13.0 Å². The van der Waals surface area contributed by atoms with E-state index in [-0.39, 0.29) is 11.0 Å². The molecule has 0 spiro atoms. The number of hydrogen-bond acceptors (Lipinski definition) is 3. The van der Waals surface area contributed by atoms with Crippen molar-refractivity contribution in [2.75, 3.05) is 7.11 Å². The van der Waals surface area contributed by atoms with Gasteiger partial charge in [-0.25, -0.2) is 0 Å². The van der Waals surface area contributed by atoms with Crippen LogP contribution in [-0.4, -0.2) is 16.1 Å². The van der Waals surface area contributed by atoms with Gasteiger partial charge in [0.05, 0.1) is 28.9 Å². The van der Waals surface area contributed by atoms with Crippen LogP contribution in [0.3, 0.4) is 0 Å². The van der Waals surface area contributed by atoms with Gasteiger partial charge in [-0.2, -0.15) is 0 Å². The Balaban J connectivity index is 2.16. The maximum Gasteiger partial charge on any atom is 0.266 e. The van der Waals surface area contributed by atoms with Crippen molar-refractivity contribution < 1.29 is 4.74 Å². The van der Waals surface area contributed by atoms with E-state index in [0.29, 0.717) is 40.6 Å². The van der Waals surface area contributed by atoms with Crippen molar-refractivity contribution in [3.8, 4) is 5.75 Å². The molecule has 0 unspecified atom stereocenters. The standard InChI is InChI=1S/C19H14N2O3/c1-24-11-6-7-16-14(10-11)17(22)13-8-9-20-15-5-3-2-4-12(15)19(23)21(16)18(13)20/h2-7,10H,8-9H2,1H3. The van der Waals surface area contributed by atoms with Crippen LogP contribution in [0.1, 0.15) is 5.56 Å². The van der Waals surface area contributed by atoms with E-state index in [1.165, 1.54) is 0 Å². The molecule has 5 rings (SSSR count). The predicted molar refractivity (Wildman–Crippen MR) is 93.2 cm³/mol. The monoisotopic (exact) mass is 318 g/mol. The van der Waals surface area contributed by atoms with Gasteiger partial charge in [0.15, 0.2) is 5.43 Å². The maximum absolute atomic E-state index is 13.1. The number of rotatable bonds is 1. The third-order valence-electron chi connectivity index (χ3n) is 4.91. The Labute approximate surface area is 136 Å². The Kier molecular flexibility index (Phi) is 2.49. The summed E-state index contributed by atoms with van der Waals surface area (Å²) < 4.78 is 9.01. The highest BCUT2D eigenvalue weighted by molar-refractivity contribution is 5.89. The lowest BCUT2D eigenvalue weighted by Crippen LogP contribution is -2.22. The number of para-hydroxylation sites is 1. The number of methoxy groups -OCH3 is 1. The molecule has 118 valence electrons. The van der Waals surface area contributed by atoms with Gasteiger partial charge < -0.3 is 9.30 Å². The lowest BCUT2D eigenvalue weighted by molar-refractivity contribution is 0.415. The summed E-state index contributed by atoms with van der Waals surface area (Å²) in [7, 11) is 1.57. The lowest BCUT2D eigenvalue weighted by atomic mass is 10.1. The van der Waals surface area contributed by atoms with Crippen LogP contribution in [0.15, 0.2) is 52.1 Å². The van der Waals surface area contributed by atoms with E-state index in [9.17, 15) is 9.59 Å². The fourth-order valence-corrected chi connectivity index (χ4v) is 3.82. The molecule has 3 heterocycles. The summed E-state index contributed by atoms with van der Waals surface area (Å²) in [5.41, 5.74) is 2.85. The van der Waals surface area contributed by atoms with Gasteiger partial charge in [0.25, 0.3) is 5.56 Å². The SMILES string of the molecule is COc1ccc2c(c1)c(=O)c1c3n(c4ccccc4c(=O)n23)CC1. The Morgan fingerprint density at radius 1 is 1.00 bits per heavy atom. The molecule has 0 fully saturated rings. The van der Waals surface area contributed by atoms with E-state index in [4.69, 9.17) is 4.74 Å². The molecule has 0 radical (unpaired) electrons. The Hall–Kier alpha value is -3.08. The van der Waals surface area contributed by atoms with E-state index in [0.717, 1.165) is 11.2 Å². The zero-order valence-corrected chi connectivity index (χ0v) is 13.1. The molecule has 4 aromatic rings. The minimum atomic E-state index is -0.0878. The zero-order valence-electron chi connectivity index (χ0n) is 13.1. The highest BCUT2D eigenvalue weighted by Gasteiger charge is 2.23. The molecule has 0 saturated heterocycles. The molecule has 5 nitrogen and oxygen atoms in total. The third kappa shape index (κ3) is 1.49. The second-order valence-corrected chi connectivity index (χ2v) is 6.07. The summed E-state index contributed by atoms with van der Waals surface area (Å²) in [6, 6.07) is 12.9. The van der Waals surface area contributed by atoms with Gasteiger partial charge in [0, 0.05) is 12.1 Å². The Morgan fingerprint density at radius 2 is 1.83 bits per heavy atom. The maximum atomic E-state index is 13.1. The van der Waals surface area contributed by atoms with Gasteiger partial charge >= 0.3 is 0 Å². The summed E-state index contributed by atoms with van der Waals surface area (Å²) in [4.78, 5) is 26.1. The van der Waals surface area contributed by atoms with Crippen LogP contribution >= 0.6 is 0 Å². The molecule has 0 bridgehead atoms. The van der Waals surface area contributed by atoms with E-state index >= 15 is 0 Å². The molecule has 0 N–H and O–H groups in total. The quantitative estimate of drug-likeness (QED) is 0.400. The average Bonchev–Trinajstić information content (AvgIpc) is 3.06. The normalized spacial score (nSPS) is 13.2. The molecule has 2 aromatic heterocycles. The molecule has 5 heteroatoms. The van der Waals surface area contributed by atoms with Crippen LogP contribution in [0.25, 0.3) is 27.5 Å². The van der Waals surface area contributed by atoms with Crippen LogP contribution < -0.4 is 15.7 Å². The van der Waals surface area contributed by atoms with Crippen molar-refractivity contribution in [3.05, 3.63) is 68.6 Å². The summed E-state index contributed by atoms with van der Waals surface area (Å²) in [6.07, 6.45) is 0.642. The predicted octanol–water partition coefficient (Wildman–Crippen LogP) is 2.33. The fourth-order valence-electron chi connectivity index (χ4n) is 3.82. The first kappa shape index (κ1) is 13.4. The number of benzene rings is 2. The second kappa shape index (κ2) is 4.47. The van der Waals surface area contributed by atoms with E-state index in [1.807, 2.05) is 24.3 Å². The zero-order chi connectivity index (χ0) is 16.4. The summed E-state index contributed by atoms with van der Waals surface area (Å²) in [6.45, 7) is 0.711. The molecule has 1 aliphatic heterocycles. The van der Waals surface area contributed by atoms with E-state index < -0.39 is 0 Å². The lowest BCUT2D eigenvalue weighted by Gasteiger charge is -2.13. The van der Waals surface area contributed by atoms with Crippen LogP contribution in [-0.2, 0) is 13.0 Å². The Bertz CT molecular complexity index is 1280. The van der Waals surface area contributed by atoms with Crippen molar-refractivity contribution in [1.29, 1.82) is 0 Å². The molecular formula is C19H14N2O3. The van der Waals surface area contributed by atoms with E-state index in [2.05, 4.69) is 4.57 Å². The first-order valence-corrected chi connectivity index (χ1v) is 7.87. The van der Waals surface area contributed by atoms with Crippen molar-refractivity contribution >= 4 is 27.5 Å². The smallest absolute Gasteiger partial charge is 0.266 e. The number of hydrogen-bond donors (Lipinski definition) is 0. The molecule has 24 heavy (non-hydrogen) atoms. The first-order valence-electron chi connectivity index (χ1n) is 7.87. The number of fused-ring (bicyclic) bond motifs is 4. The molecule has 0 saturated carbocycles. The first-order chi connectivity index (χ1) is 11.7. The number of aryl methyl sites for hydroxylation is 2. The minimum Gasteiger partial charge on any atom is -0.497 e. The average molecular weight is 318 g/mol. The molecule has 0 amide bonds. The van der Waals surface area contributed by atoms with Crippen LogP contribution in [0, 0.1) is 0 Å². The number of nitrogens with zero attached hydrogens (tertiary/aromatic N) is 2. The largest absolute Gasteiger partial charge is 0.497 e. The van der Waals surface area contributed by atoms with Gasteiger partial charge in [-0.05, 0) is 36.8 Å². The summed E-state index contributed by atoms with van der Waals surface area (Å²) >= 11 is 0. The van der Waals surface area contributed by atoms with Crippen LogP contribution in [0.2, 0.25) is 0 Å². The summed E-state index contributed by atoms with van der Waals surface area (Å²) in [5, 5.41) is 1.20. The van der Waals surface area contributed by atoms with E-state index in [1.54, 1.807) is 29.7 Å². The molecule has 0 atom stereocenters. The van der Waals surface area contributed by atoms with Gasteiger partial charge in [-0.3, -0.25) is 14.0 Å². The molecule has 0 aliphatic carbocycles. The molecule has 2 aromatic carbocycles. The van der Waals surface area contributed by atoms with Crippen molar-refractivity contribution in [3.63, 3.8) is 0 Å². The number of aromatic nitrogens is 2.